The Morgan fingerprint density at radius 1 is 1.21 bits per heavy atom. The minimum absolute atomic E-state index is 0.0421. The van der Waals surface area contributed by atoms with Crippen molar-refractivity contribution in [2.24, 2.45) is 11.8 Å². The van der Waals surface area contributed by atoms with Crippen molar-refractivity contribution >= 4 is 17.4 Å². The molecule has 1 saturated heterocycles. The zero-order valence-corrected chi connectivity index (χ0v) is 17.8. The smallest absolute Gasteiger partial charge is 0.167 e. The normalized spacial score (nSPS) is 27.1. The summed E-state index contributed by atoms with van der Waals surface area (Å²) in [6, 6.07) is 11.7. The van der Waals surface area contributed by atoms with Crippen molar-refractivity contribution < 1.29 is 4.79 Å². The van der Waals surface area contributed by atoms with E-state index in [-0.39, 0.29) is 17.2 Å². The van der Waals surface area contributed by atoms with E-state index in [0.29, 0.717) is 12.5 Å². The molecule has 1 aromatic carbocycles. The first-order chi connectivity index (χ1) is 14.1. The van der Waals surface area contributed by atoms with Gasteiger partial charge in [-0.2, -0.15) is 0 Å². The molecule has 1 unspecified atom stereocenters. The molecule has 0 amide bonds. The van der Waals surface area contributed by atoms with Gasteiger partial charge in [-0.15, -0.1) is 0 Å². The highest BCUT2D eigenvalue weighted by Gasteiger charge is 2.41. The van der Waals surface area contributed by atoms with Gasteiger partial charge in [0.2, 0.25) is 0 Å². The summed E-state index contributed by atoms with van der Waals surface area (Å²) in [6.07, 6.45) is 9.40. The molecule has 5 heteroatoms. The molecule has 1 saturated carbocycles. The zero-order valence-electron chi connectivity index (χ0n) is 17.1. The Kier molecular flexibility index (Phi) is 6.33. The fraction of sp³-hybridized carbons (Fsp3) is 0.500. The van der Waals surface area contributed by atoms with Gasteiger partial charge in [0.15, 0.2) is 5.78 Å². The molecule has 4 rings (SSSR count). The van der Waals surface area contributed by atoms with Crippen LogP contribution in [0.5, 0.6) is 0 Å². The molecule has 1 aliphatic carbocycles. The number of aryl methyl sites for hydroxylation is 2. The van der Waals surface area contributed by atoms with E-state index in [0.717, 1.165) is 53.9 Å². The lowest BCUT2D eigenvalue weighted by molar-refractivity contribution is 0.0688. The van der Waals surface area contributed by atoms with E-state index in [2.05, 4.69) is 15.8 Å². The number of Topliss-reactive ketones (excluding diaryl/α,β-unsaturated/α-hetero) is 1. The standard InChI is InChI=1S/C24H30ClN3O/c1-17-5-2-3-6-20(17)23(29)19-15-24(28-27-16-19)12-10-18(11-13-24)8-9-22-21(25)7-4-14-26-22/h2-7,14,18-19,27-28H,8-13,15-16H2,1H3. The summed E-state index contributed by atoms with van der Waals surface area (Å²) in [7, 11) is 0. The predicted octanol–water partition coefficient (Wildman–Crippen LogP) is 4.90. The van der Waals surface area contributed by atoms with E-state index in [1.807, 2.05) is 49.5 Å². The van der Waals surface area contributed by atoms with Gasteiger partial charge in [-0.1, -0.05) is 35.9 Å². The number of aromatic nitrogens is 1. The molecule has 0 radical (unpaired) electrons. The second-order valence-corrected chi connectivity index (χ2v) is 9.19. The van der Waals surface area contributed by atoms with E-state index < -0.39 is 0 Å². The van der Waals surface area contributed by atoms with Crippen LogP contribution in [0.2, 0.25) is 5.02 Å². The average molecular weight is 412 g/mol. The lowest BCUT2D eigenvalue weighted by Crippen LogP contribution is -2.61. The van der Waals surface area contributed by atoms with Crippen molar-refractivity contribution in [2.45, 2.75) is 57.4 Å². The van der Waals surface area contributed by atoms with Crippen LogP contribution in [0.25, 0.3) is 0 Å². The number of ketones is 1. The number of carbonyl (C=O) groups excluding carboxylic acids is 1. The Hall–Kier alpha value is -1.75. The number of carbonyl (C=O) groups is 1. The summed E-state index contributed by atoms with van der Waals surface area (Å²) in [5.74, 6) is 1.03. The molecule has 2 aliphatic rings. The number of hydrogen-bond acceptors (Lipinski definition) is 4. The van der Waals surface area contributed by atoms with E-state index >= 15 is 0 Å². The highest BCUT2D eigenvalue weighted by molar-refractivity contribution is 6.31. The molecular formula is C24H30ClN3O. The van der Waals surface area contributed by atoms with Crippen LogP contribution in [0.15, 0.2) is 42.6 Å². The number of halogens is 1. The first kappa shape index (κ1) is 20.5. The molecule has 2 heterocycles. The molecule has 154 valence electrons. The quantitative estimate of drug-likeness (QED) is 0.687. The predicted molar refractivity (Wildman–Crippen MR) is 117 cm³/mol. The Balaban J connectivity index is 1.33. The number of hydrazine groups is 1. The largest absolute Gasteiger partial charge is 0.294 e. The maximum absolute atomic E-state index is 13.1. The summed E-state index contributed by atoms with van der Waals surface area (Å²) in [6.45, 7) is 2.73. The van der Waals surface area contributed by atoms with Crippen LogP contribution in [0.3, 0.4) is 0 Å². The Labute approximate surface area is 178 Å². The minimum atomic E-state index is 0.0421. The van der Waals surface area contributed by atoms with E-state index in [1.54, 1.807) is 0 Å². The minimum Gasteiger partial charge on any atom is -0.294 e. The van der Waals surface area contributed by atoms with Crippen LogP contribution < -0.4 is 10.9 Å². The number of nitrogens with one attached hydrogen (secondary N) is 2. The summed E-state index contributed by atoms with van der Waals surface area (Å²) < 4.78 is 0. The third-order valence-electron chi connectivity index (χ3n) is 6.81. The highest BCUT2D eigenvalue weighted by atomic mass is 35.5. The third kappa shape index (κ3) is 4.71. The fourth-order valence-corrected chi connectivity index (χ4v) is 5.22. The molecule has 29 heavy (non-hydrogen) atoms. The van der Waals surface area contributed by atoms with Crippen LogP contribution in [-0.2, 0) is 6.42 Å². The molecule has 2 aromatic rings. The summed E-state index contributed by atoms with van der Waals surface area (Å²) in [4.78, 5) is 17.5. The number of nitrogens with zero attached hydrogens (tertiary/aromatic N) is 1. The van der Waals surface area contributed by atoms with Crippen molar-refractivity contribution in [1.29, 1.82) is 0 Å². The number of hydrogen-bond donors (Lipinski definition) is 2. The van der Waals surface area contributed by atoms with Gasteiger partial charge in [-0.3, -0.25) is 20.6 Å². The Morgan fingerprint density at radius 3 is 2.76 bits per heavy atom. The van der Waals surface area contributed by atoms with Crippen molar-refractivity contribution in [3.8, 4) is 0 Å². The van der Waals surface area contributed by atoms with Crippen LogP contribution in [-0.4, -0.2) is 22.9 Å². The lowest BCUT2D eigenvalue weighted by atomic mass is 9.70. The van der Waals surface area contributed by atoms with Crippen molar-refractivity contribution in [3.05, 3.63) is 64.4 Å². The average Bonchev–Trinajstić information content (AvgIpc) is 2.74. The maximum Gasteiger partial charge on any atom is 0.167 e. The van der Waals surface area contributed by atoms with Gasteiger partial charge in [0, 0.05) is 29.8 Å². The van der Waals surface area contributed by atoms with E-state index in [9.17, 15) is 4.79 Å². The molecule has 1 spiro atoms. The van der Waals surface area contributed by atoms with Gasteiger partial charge in [0.05, 0.1) is 10.7 Å². The number of benzene rings is 1. The molecule has 1 atom stereocenters. The Bertz CT molecular complexity index is 861. The van der Waals surface area contributed by atoms with Gasteiger partial charge < -0.3 is 0 Å². The van der Waals surface area contributed by atoms with Gasteiger partial charge in [0.1, 0.15) is 0 Å². The molecule has 1 aliphatic heterocycles. The van der Waals surface area contributed by atoms with E-state index in [4.69, 9.17) is 11.6 Å². The molecular weight excluding hydrogens is 382 g/mol. The zero-order chi connectivity index (χ0) is 20.3. The first-order valence-electron chi connectivity index (χ1n) is 10.8. The summed E-state index contributed by atoms with van der Waals surface area (Å²) in [5, 5.41) is 0.774. The second-order valence-electron chi connectivity index (χ2n) is 8.78. The summed E-state index contributed by atoms with van der Waals surface area (Å²) in [5.41, 5.74) is 9.90. The highest BCUT2D eigenvalue weighted by Crippen LogP contribution is 2.39. The van der Waals surface area contributed by atoms with Crippen LogP contribution in [0, 0.1) is 18.8 Å². The van der Waals surface area contributed by atoms with E-state index in [1.165, 1.54) is 12.8 Å². The molecule has 2 N–H and O–H groups in total. The molecule has 1 aromatic heterocycles. The first-order valence-corrected chi connectivity index (χ1v) is 11.1. The monoisotopic (exact) mass is 411 g/mol. The molecule has 0 bridgehead atoms. The van der Waals surface area contributed by atoms with Crippen LogP contribution >= 0.6 is 11.6 Å². The number of pyridine rings is 1. The van der Waals surface area contributed by atoms with Gasteiger partial charge in [-0.25, -0.2) is 0 Å². The van der Waals surface area contributed by atoms with Gasteiger partial charge >= 0.3 is 0 Å². The lowest BCUT2D eigenvalue weighted by Gasteiger charge is -2.46. The number of rotatable bonds is 5. The summed E-state index contributed by atoms with van der Waals surface area (Å²) >= 11 is 6.25. The van der Waals surface area contributed by atoms with Crippen LogP contribution in [0.4, 0.5) is 0 Å². The van der Waals surface area contributed by atoms with Crippen molar-refractivity contribution in [3.63, 3.8) is 0 Å². The maximum atomic E-state index is 13.1. The fourth-order valence-electron chi connectivity index (χ4n) is 5.00. The topological polar surface area (TPSA) is 54.0 Å². The third-order valence-corrected chi connectivity index (χ3v) is 7.15. The molecule has 4 nitrogen and oxygen atoms in total. The van der Waals surface area contributed by atoms with Crippen LogP contribution in [0.1, 0.15) is 60.1 Å². The Morgan fingerprint density at radius 2 is 2.00 bits per heavy atom. The van der Waals surface area contributed by atoms with Gasteiger partial charge in [0.25, 0.3) is 0 Å². The SMILES string of the molecule is Cc1ccccc1C(=O)C1CNNC2(CCC(CCc3ncccc3Cl)CC2)C1. The van der Waals surface area contributed by atoms with Crippen molar-refractivity contribution in [2.75, 3.05) is 6.54 Å². The van der Waals surface area contributed by atoms with Crippen molar-refractivity contribution in [1.82, 2.24) is 15.8 Å². The second kappa shape index (κ2) is 8.95. The molecule has 2 fully saturated rings. The van der Waals surface area contributed by atoms with Gasteiger partial charge in [-0.05, 0) is 75.5 Å².